The first-order valence-electron chi connectivity index (χ1n) is 5.99. The number of benzene rings is 1. The molecule has 0 saturated carbocycles. The summed E-state index contributed by atoms with van der Waals surface area (Å²) in [6.07, 6.45) is 1.00. The zero-order chi connectivity index (χ0) is 13.4. The molecule has 0 saturated heterocycles. The van der Waals surface area contributed by atoms with Gasteiger partial charge in [-0.15, -0.1) is 0 Å². The van der Waals surface area contributed by atoms with E-state index in [2.05, 4.69) is 10.6 Å². The number of carbonyl (C=O) groups is 2. The number of hydrogen-bond acceptors (Lipinski definition) is 3. The second-order valence-corrected chi connectivity index (χ2v) is 3.97. The number of amides is 2. The minimum Gasteiger partial charge on any atom is -0.399 e. The van der Waals surface area contributed by atoms with Crippen molar-refractivity contribution in [2.75, 3.05) is 18.8 Å². The van der Waals surface area contributed by atoms with E-state index in [0.29, 0.717) is 25.1 Å². The maximum Gasteiger partial charge on any atom is 0.239 e. The van der Waals surface area contributed by atoms with Crippen LogP contribution in [0.25, 0.3) is 0 Å². The van der Waals surface area contributed by atoms with Gasteiger partial charge in [0.25, 0.3) is 0 Å². The lowest BCUT2D eigenvalue weighted by molar-refractivity contribution is -0.126. The predicted octanol–water partition coefficient (Wildman–Crippen LogP) is 0.454. The number of carbonyl (C=O) groups excluding carboxylic acids is 2. The fraction of sp³-hybridized carbons (Fsp3) is 0.385. The zero-order valence-corrected chi connectivity index (χ0v) is 10.5. The summed E-state index contributed by atoms with van der Waals surface area (Å²) in [4.78, 5) is 22.6. The Bertz CT molecular complexity index is 401. The van der Waals surface area contributed by atoms with Crippen LogP contribution in [0.3, 0.4) is 0 Å². The highest BCUT2D eigenvalue weighted by Gasteiger charge is 2.04. The third-order valence-electron chi connectivity index (χ3n) is 2.44. The molecule has 0 aliphatic rings. The number of aryl methyl sites for hydroxylation is 1. The second kappa shape index (κ2) is 7.32. The van der Waals surface area contributed by atoms with Gasteiger partial charge in [0, 0.05) is 18.7 Å². The molecule has 0 aliphatic heterocycles. The highest BCUT2D eigenvalue weighted by molar-refractivity contribution is 5.84. The van der Waals surface area contributed by atoms with Gasteiger partial charge in [-0.05, 0) is 31.0 Å². The van der Waals surface area contributed by atoms with Crippen LogP contribution in [0.2, 0.25) is 0 Å². The molecule has 1 aromatic rings. The van der Waals surface area contributed by atoms with Crippen LogP contribution in [-0.4, -0.2) is 24.9 Å². The first-order valence-corrected chi connectivity index (χ1v) is 5.99. The van der Waals surface area contributed by atoms with E-state index in [-0.39, 0.29) is 18.4 Å². The molecule has 0 bridgehead atoms. The van der Waals surface area contributed by atoms with Crippen molar-refractivity contribution < 1.29 is 9.59 Å². The molecule has 5 heteroatoms. The second-order valence-electron chi connectivity index (χ2n) is 3.97. The maximum absolute atomic E-state index is 11.5. The van der Waals surface area contributed by atoms with Crippen molar-refractivity contribution in [2.45, 2.75) is 19.8 Å². The van der Waals surface area contributed by atoms with Crippen molar-refractivity contribution in [2.24, 2.45) is 0 Å². The summed E-state index contributed by atoms with van der Waals surface area (Å²) in [5.41, 5.74) is 7.33. The summed E-state index contributed by atoms with van der Waals surface area (Å²) < 4.78 is 0. The van der Waals surface area contributed by atoms with E-state index < -0.39 is 0 Å². The van der Waals surface area contributed by atoms with Crippen LogP contribution in [0.5, 0.6) is 0 Å². The zero-order valence-electron chi connectivity index (χ0n) is 10.5. The summed E-state index contributed by atoms with van der Waals surface area (Å²) in [7, 11) is 0. The molecule has 0 aliphatic carbocycles. The Morgan fingerprint density at radius 3 is 2.39 bits per heavy atom. The third kappa shape index (κ3) is 5.34. The molecule has 0 atom stereocenters. The molecule has 0 aromatic heterocycles. The number of nitrogens with one attached hydrogen (secondary N) is 2. The number of rotatable bonds is 6. The number of likely N-dealkylation sites (N-methyl/N-ethyl adjacent to an activating group) is 1. The summed E-state index contributed by atoms with van der Waals surface area (Å²) in [5.74, 6) is -0.295. The van der Waals surface area contributed by atoms with Crippen LogP contribution >= 0.6 is 0 Å². The lowest BCUT2D eigenvalue weighted by Gasteiger charge is -2.05. The molecule has 1 aromatic carbocycles. The Labute approximate surface area is 107 Å². The predicted molar refractivity (Wildman–Crippen MR) is 70.9 cm³/mol. The first kappa shape index (κ1) is 14.0. The molecular formula is C13H19N3O2. The van der Waals surface area contributed by atoms with Crippen molar-refractivity contribution in [1.29, 1.82) is 0 Å². The number of nitrogen functional groups attached to an aromatic ring is 1. The monoisotopic (exact) mass is 249 g/mol. The number of anilines is 1. The minimum absolute atomic E-state index is 0.0361. The molecule has 5 nitrogen and oxygen atoms in total. The van der Waals surface area contributed by atoms with E-state index >= 15 is 0 Å². The number of nitrogens with two attached hydrogens (primary N) is 1. The lowest BCUT2D eigenvalue weighted by atomic mass is 10.1. The molecule has 2 amide bonds. The average Bonchev–Trinajstić information content (AvgIpc) is 2.36. The molecule has 18 heavy (non-hydrogen) atoms. The van der Waals surface area contributed by atoms with E-state index in [4.69, 9.17) is 5.73 Å². The number of hydrogen-bond donors (Lipinski definition) is 3. The average molecular weight is 249 g/mol. The largest absolute Gasteiger partial charge is 0.399 e. The normalized spacial score (nSPS) is 9.83. The SMILES string of the molecule is CCNC(=O)CNC(=O)CCc1ccc(N)cc1. The Hall–Kier alpha value is -2.04. The highest BCUT2D eigenvalue weighted by Crippen LogP contribution is 2.07. The Morgan fingerprint density at radius 1 is 1.11 bits per heavy atom. The molecule has 4 N–H and O–H groups in total. The first-order chi connectivity index (χ1) is 8.61. The fourth-order valence-corrected chi connectivity index (χ4v) is 1.47. The van der Waals surface area contributed by atoms with Gasteiger partial charge in [-0.25, -0.2) is 0 Å². The standard InChI is InChI=1S/C13H19N3O2/c1-2-15-13(18)9-16-12(17)8-5-10-3-6-11(14)7-4-10/h3-4,6-7H,2,5,8-9,14H2,1H3,(H,15,18)(H,16,17). The van der Waals surface area contributed by atoms with Crippen LogP contribution in [0.1, 0.15) is 18.9 Å². The third-order valence-corrected chi connectivity index (χ3v) is 2.44. The van der Waals surface area contributed by atoms with Crippen molar-refractivity contribution in [1.82, 2.24) is 10.6 Å². The van der Waals surface area contributed by atoms with Crippen LogP contribution in [0, 0.1) is 0 Å². The van der Waals surface area contributed by atoms with Gasteiger partial charge < -0.3 is 16.4 Å². The van der Waals surface area contributed by atoms with Gasteiger partial charge in [0.05, 0.1) is 6.54 Å². The minimum atomic E-state index is -0.168. The van der Waals surface area contributed by atoms with Gasteiger partial charge in [0.2, 0.25) is 11.8 Å². The molecule has 1 rings (SSSR count). The molecule has 98 valence electrons. The molecular weight excluding hydrogens is 230 g/mol. The fourth-order valence-electron chi connectivity index (χ4n) is 1.47. The Balaban J connectivity index is 2.24. The van der Waals surface area contributed by atoms with Crippen molar-refractivity contribution in [3.05, 3.63) is 29.8 Å². The van der Waals surface area contributed by atoms with E-state index in [1.165, 1.54) is 0 Å². The van der Waals surface area contributed by atoms with Crippen molar-refractivity contribution in [3.63, 3.8) is 0 Å². The van der Waals surface area contributed by atoms with E-state index in [1.807, 2.05) is 31.2 Å². The van der Waals surface area contributed by atoms with E-state index in [0.717, 1.165) is 5.56 Å². The van der Waals surface area contributed by atoms with Crippen LogP contribution in [0.15, 0.2) is 24.3 Å². The van der Waals surface area contributed by atoms with E-state index in [9.17, 15) is 9.59 Å². The summed E-state index contributed by atoms with van der Waals surface area (Å²) >= 11 is 0. The lowest BCUT2D eigenvalue weighted by Crippen LogP contribution is -2.36. The maximum atomic E-state index is 11.5. The van der Waals surface area contributed by atoms with E-state index in [1.54, 1.807) is 0 Å². The van der Waals surface area contributed by atoms with Crippen LogP contribution in [-0.2, 0) is 16.0 Å². The van der Waals surface area contributed by atoms with Gasteiger partial charge in [-0.1, -0.05) is 12.1 Å². The molecule has 0 spiro atoms. The summed E-state index contributed by atoms with van der Waals surface area (Å²) in [6, 6.07) is 7.41. The van der Waals surface area contributed by atoms with Crippen molar-refractivity contribution in [3.8, 4) is 0 Å². The van der Waals surface area contributed by atoms with Gasteiger partial charge in [-0.2, -0.15) is 0 Å². The molecule has 0 fully saturated rings. The Kier molecular flexibility index (Phi) is 5.70. The highest BCUT2D eigenvalue weighted by atomic mass is 16.2. The van der Waals surface area contributed by atoms with Gasteiger partial charge in [-0.3, -0.25) is 9.59 Å². The quantitative estimate of drug-likeness (QED) is 0.640. The molecule has 0 unspecified atom stereocenters. The van der Waals surface area contributed by atoms with Gasteiger partial charge in [0.15, 0.2) is 0 Å². The summed E-state index contributed by atoms with van der Waals surface area (Å²) in [5, 5.41) is 5.19. The molecule has 0 radical (unpaired) electrons. The van der Waals surface area contributed by atoms with Crippen LogP contribution < -0.4 is 16.4 Å². The van der Waals surface area contributed by atoms with Gasteiger partial charge in [0.1, 0.15) is 0 Å². The van der Waals surface area contributed by atoms with Crippen molar-refractivity contribution >= 4 is 17.5 Å². The Morgan fingerprint density at radius 2 is 1.78 bits per heavy atom. The smallest absolute Gasteiger partial charge is 0.239 e. The van der Waals surface area contributed by atoms with Gasteiger partial charge >= 0.3 is 0 Å². The summed E-state index contributed by atoms with van der Waals surface area (Å²) in [6.45, 7) is 2.44. The molecule has 0 heterocycles. The van der Waals surface area contributed by atoms with Crippen LogP contribution in [0.4, 0.5) is 5.69 Å². The topological polar surface area (TPSA) is 84.2 Å².